The van der Waals surface area contributed by atoms with Crippen LogP contribution in [0.1, 0.15) is 23.5 Å². The number of nitrogen functional groups attached to an aromatic ring is 1. The predicted molar refractivity (Wildman–Crippen MR) is 158 cm³/mol. The highest BCUT2D eigenvalue weighted by atomic mass is 19.1. The summed E-state index contributed by atoms with van der Waals surface area (Å²) in [6.45, 7) is 7.79. The minimum absolute atomic E-state index is 0.00576. The van der Waals surface area contributed by atoms with E-state index in [1.165, 1.54) is 34.1 Å². The Morgan fingerprint density at radius 3 is 2.71 bits per heavy atom. The molecular formula is C31H30FN9O. The second-order valence-electron chi connectivity index (χ2n) is 10.8. The van der Waals surface area contributed by atoms with Gasteiger partial charge in [0.05, 0.1) is 5.56 Å². The van der Waals surface area contributed by atoms with Gasteiger partial charge >= 0.3 is 0 Å². The summed E-state index contributed by atoms with van der Waals surface area (Å²) < 4.78 is 17.1. The minimum Gasteiger partial charge on any atom is -0.383 e. The van der Waals surface area contributed by atoms with Crippen LogP contribution in [0.2, 0.25) is 0 Å². The zero-order valence-electron chi connectivity index (χ0n) is 23.0. The van der Waals surface area contributed by atoms with Crippen molar-refractivity contribution in [2.75, 3.05) is 38.5 Å². The molecule has 1 aliphatic heterocycles. The third-order valence-corrected chi connectivity index (χ3v) is 8.28. The SMILES string of the molecule is C=CC(=O)N1CCN(CC2CCc3cc(-n4c(-c5cccnc5N)nc5ccc(-n6ccc(F)n6)nc54)ccc32)CC1. The van der Waals surface area contributed by atoms with Crippen LogP contribution in [0.4, 0.5) is 10.2 Å². The van der Waals surface area contributed by atoms with Crippen LogP contribution in [0.15, 0.2) is 73.6 Å². The van der Waals surface area contributed by atoms with Gasteiger partial charge in [-0.3, -0.25) is 14.3 Å². The fourth-order valence-corrected chi connectivity index (χ4v) is 6.15. The predicted octanol–water partition coefficient (Wildman–Crippen LogP) is 3.75. The summed E-state index contributed by atoms with van der Waals surface area (Å²) in [5.74, 6) is 1.35. The van der Waals surface area contributed by atoms with Crippen molar-refractivity contribution in [2.45, 2.75) is 18.8 Å². The highest BCUT2D eigenvalue weighted by molar-refractivity contribution is 5.87. The third kappa shape index (κ3) is 4.61. The van der Waals surface area contributed by atoms with E-state index < -0.39 is 5.95 Å². The fraction of sp³-hybridized carbons (Fsp3) is 0.258. The van der Waals surface area contributed by atoms with Gasteiger partial charge in [0.15, 0.2) is 17.3 Å². The number of aryl methyl sites for hydroxylation is 1. The van der Waals surface area contributed by atoms with Crippen LogP contribution in [0, 0.1) is 5.95 Å². The summed E-state index contributed by atoms with van der Waals surface area (Å²) in [6.07, 6.45) is 6.64. The maximum Gasteiger partial charge on any atom is 0.246 e. The van der Waals surface area contributed by atoms with Crippen molar-refractivity contribution in [3.05, 3.63) is 90.7 Å². The number of nitrogens with two attached hydrogens (primary N) is 1. The summed E-state index contributed by atoms with van der Waals surface area (Å²) in [7, 11) is 0. The third-order valence-electron chi connectivity index (χ3n) is 8.28. The number of pyridine rings is 2. The molecule has 10 nitrogen and oxygen atoms in total. The lowest BCUT2D eigenvalue weighted by molar-refractivity contribution is -0.127. The summed E-state index contributed by atoms with van der Waals surface area (Å²) in [5.41, 5.74) is 11.9. The van der Waals surface area contributed by atoms with Gasteiger partial charge in [-0.25, -0.2) is 19.6 Å². The number of fused-ring (bicyclic) bond motifs is 2. The van der Waals surface area contributed by atoms with Gasteiger partial charge in [-0.15, -0.1) is 5.10 Å². The van der Waals surface area contributed by atoms with Crippen LogP contribution < -0.4 is 5.73 Å². The molecule has 0 radical (unpaired) electrons. The van der Waals surface area contributed by atoms with Crippen molar-refractivity contribution < 1.29 is 9.18 Å². The molecule has 5 aromatic rings. The van der Waals surface area contributed by atoms with Crippen LogP contribution in [0.25, 0.3) is 34.1 Å². The van der Waals surface area contributed by atoms with Crippen molar-refractivity contribution in [1.82, 2.24) is 39.1 Å². The molecule has 1 fully saturated rings. The molecule has 1 aromatic carbocycles. The molecule has 1 saturated heterocycles. The van der Waals surface area contributed by atoms with E-state index in [1.807, 2.05) is 27.7 Å². The molecule has 42 heavy (non-hydrogen) atoms. The van der Waals surface area contributed by atoms with Crippen molar-refractivity contribution in [3.8, 4) is 22.9 Å². The molecule has 212 valence electrons. The Hall–Kier alpha value is -4.90. The summed E-state index contributed by atoms with van der Waals surface area (Å²) in [4.78, 5) is 30.3. The maximum atomic E-state index is 13.7. The average molecular weight is 564 g/mol. The summed E-state index contributed by atoms with van der Waals surface area (Å²) in [5, 5.41) is 3.89. The van der Waals surface area contributed by atoms with Gasteiger partial charge in [-0.05, 0) is 72.4 Å². The Morgan fingerprint density at radius 1 is 1.10 bits per heavy atom. The number of anilines is 1. The molecule has 11 heteroatoms. The standard InChI is InChI=1S/C31H30FN9O/c1-2-28(42)39-16-14-38(15-17-39)19-21-6-5-20-18-22(7-8-23(20)21)41-30(24-4-3-12-34-29(24)33)35-25-9-10-27(36-31(25)41)40-13-11-26(32)37-40/h2-4,7-13,18,21H,1,5-6,14-17,19H2,(H2,33,34). The first-order valence-electron chi connectivity index (χ1n) is 14.1. The maximum absolute atomic E-state index is 13.7. The number of amides is 1. The Bertz CT molecular complexity index is 1820. The zero-order chi connectivity index (χ0) is 28.8. The molecule has 1 atom stereocenters. The molecule has 5 heterocycles. The number of imidazole rings is 1. The van der Waals surface area contributed by atoms with Crippen LogP contribution in [-0.4, -0.2) is 77.7 Å². The highest BCUT2D eigenvalue weighted by Crippen LogP contribution is 2.37. The van der Waals surface area contributed by atoms with Crippen molar-refractivity contribution in [1.29, 1.82) is 0 Å². The van der Waals surface area contributed by atoms with Crippen molar-refractivity contribution >= 4 is 22.9 Å². The molecule has 1 aliphatic carbocycles. The first kappa shape index (κ1) is 26.0. The van der Waals surface area contributed by atoms with E-state index in [1.54, 1.807) is 12.3 Å². The molecule has 1 amide bonds. The van der Waals surface area contributed by atoms with E-state index in [2.05, 4.69) is 39.8 Å². The number of hydrogen-bond acceptors (Lipinski definition) is 7. The normalized spacial score (nSPS) is 17.1. The molecular weight excluding hydrogens is 533 g/mol. The largest absolute Gasteiger partial charge is 0.383 e. The number of carbonyl (C=O) groups excluding carboxylic acids is 1. The summed E-state index contributed by atoms with van der Waals surface area (Å²) >= 11 is 0. The lowest BCUT2D eigenvalue weighted by Crippen LogP contribution is -2.49. The molecule has 2 aliphatic rings. The molecule has 1 unspecified atom stereocenters. The van der Waals surface area contributed by atoms with Crippen LogP contribution in [0.5, 0.6) is 0 Å². The Morgan fingerprint density at radius 2 is 1.95 bits per heavy atom. The van der Waals surface area contributed by atoms with E-state index in [0.29, 0.717) is 40.1 Å². The van der Waals surface area contributed by atoms with Crippen LogP contribution >= 0.6 is 0 Å². The van der Waals surface area contributed by atoms with E-state index in [4.69, 9.17) is 15.7 Å². The quantitative estimate of drug-likeness (QED) is 0.313. The van der Waals surface area contributed by atoms with Gasteiger partial charge in [0.1, 0.15) is 11.3 Å². The van der Waals surface area contributed by atoms with Gasteiger partial charge < -0.3 is 10.6 Å². The second kappa shape index (κ2) is 10.5. The second-order valence-corrected chi connectivity index (χ2v) is 10.8. The zero-order valence-corrected chi connectivity index (χ0v) is 23.0. The highest BCUT2D eigenvalue weighted by Gasteiger charge is 2.28. The van der Waals surface area contributed by atoms with Gasteiger partial charge in [-0.1, -0.05) is 12.6 Å². The van der Waals surface area contributed by atoms with E-state index in [9.17, 15) is 9.18 Å². The Labute approximate surface area is 241 Å². The number of carbonyl (C=O) groups is 1. The monoisotopic (exact) mass is 563 g/mol. The lowest BCUT2D eigenvalue weighted by Gasteiger charge is -2.35. The number of halogens is 1. The number of piperazine rings is 1. The first-order valence-corrected chi connectivity index (χ1v) is 14.1. The van der Waals surface area contributed by atoms with Gasteiger partial charge in [0, 0.05) is 56.9 Å². The molecule has 0 saturated carbocycles. The molecule has 0 spiro atoms. The number of benzene rings is 1. The number of rotatable bonds is 6. The van der Waals surface area contributed by atoms with E-state index in [-0.39, 0.29) is 5.91 Å². The van der Waals surface area contributed by atoms with Crippen molar-refractivity contribution in [3.63, 3.8) is 0 Å². The van der Waals surface area contributed by atoms with Crippen LogP contribution in [-0.2, 0) is 11.2 Å². The van der Waals surface area contributed by atoms with Gasteiger partial charge in [0.25, 0.3) is 0 Å². The van der Waals surface area contributed by atoms with Crippen LogP contribution in [0.3, 0.4) is 0 Å². The van der Waals surface area contributed by atoms with Crippen molar-refractivity contribution in [2.24, 2.45) is 0 Å². The van der Waals surface area contributed by atoms with E-state index in [0.717, 1.165) is 51.3 Å². The summed E-state index contributed by atoms with van der Waals surface area (Å²) in [6, 6.07) is 15.2. The Kier molecular flexibility index (Phi) is 6.50. The number of nitrogens with zero attached hydrogens (tertiary/aromatic N) is 8. The fourth-order valence-electron chi connectivity index (χ4n) is 6.15. The molecule has 0 bridgehead atoms. The molecule has 2 N–H and O–H groups in total. The van der Waals surface area contributed by atoms with Gasteiger partial charge in [-0.2, -0.15) is 4.39 Å². The number of aromatic nitrogens is 6. The number of hydrogen-bond donors (Lipinski definition) is 1. The average Bonchev–Trinajstić information content (AvgIpc) is 3.73. The topological polar surface area (TPSA) is 111 Å². The Balaban J connectivity index is 1.24. The van der Waals surface area contributed by atoms with E-state index >= 15 is 0 Å². The lowest BCUT2D eigenvalue weighted by atomic mass is 10.00. The molecule has 7 rings (SSSR count). The molecule has 4 aromatic heterocycles. The minimum atomic E-state index is -0.575. The first-order chi connectivity index (χ1) is 20.5. The van der Waals surface area contributed by atoms with Gasteiger partial charge in [0.2, 0.25) is 11.9 Å². The smallest absolute Gasteiger partial charge is 0.246 e.